The SMILES string of the molecule is Oc1ccc(Br)cc1[C@H]1Oc2ccc(Br)cc2[C@H]2CC(c3cccs3)=NN21. The van der Waals surface area contributed by atoms with Gasteiger partial charge in [0.1, 0.15) is 11.5 Å². The highest BCUT2D eigenvalue weighted by Crippen LogP contribution is 2.49. The third kappa shape index (κ3) is 2.98. The molecule has 2 atom stereocenters. The predicted molar refractivity (Wildman–Crippen MR) is 113 cm³/mol. The number of aromatic hydroxyl groups is 1. The zero-order valence-corrected chi connectivity index (χ0v) is 18.0. The van der Waals surface area contributed by atoms with Crippen LogP contribution in [0.25, 0.3) is 0 Å². The van der Waals surface area contributed by atoms with Crippen LogP contribution in [0.2, 0.25) is 0 Å². The van der Waals surface area contributed by atoms with Crippen molar-refractivity contribution in [3.8, 4) is 11.5 Å². The summed E-state index contributed by atoms with van der Waals surface area (Å²) in [5.41, 5.74) is 2.84. The van der Waals surface area contributed by atoms with Crippen molar-refractivity contribution in [2.45, 2.75) is 18.7 Å². The Labute approximate surface area is 177 Å². The van der Waals surface area contributed by atoms with E-state index in [9.17, 15) is 5.11 Å². The molecular formula is C20H14Br2N2O2S. The number of halogens is 2. The molecule has 2 aliphatic rings. The molecule has 27 heavy (non-hydrogen) atoms. The summed E-state index contributed by atoms with van der Waals surface area (Å²) in [6.45, 7) is 0. The van der Waals surface area contributed by atoms with Crippen LogP contribution in [0.5, 0.6) is 11.5 Å². The Morgan fingerprint density at radius 1 is 1.07 bits per heavy atom. The standard InChI is InChI=1S/C20H14Br2N2O2S/c21-11-3-5-17(25)14(9-11)20-24-16(10-15(23-24)19-2-1-7-27-19)13-8-12(22)4-6-18(13)26-20/h1-9,16,20,25H,10H2/t16-,20-/m1/s1. The Morgan fingerprint density at radius 2 is 1.85 bits per heavy atom. The molecule has 3 aromatic rings. The number of fused-ring (bicyclic) bond motifs is 3. The summed E-state index contributed by atoms with van der Waals surface area (Å²) in [4.78, 5) is 1.16. The normalized spacial score (nSPS) is 20.7. The number of phenolic OH excluding ortho intramolecular Hbond substituents is 1. The highest BCUT2D eigenvalue weighted by atomic mass is 79.9. The number of nitrogens with zero attached hydrogens (tertiary/aromatic N) is 2. The number of rotatable bonds is 2. The fourth-order valence-corrected chi connectivity index (χ4v) is 5.06. The maximum Gasteiger partial charge on any atom is 0.217 e. The fraction of sp³-hybridized carbons (Fsp3) is 0.150. The third-order valence-electron chi connectivity index (χ3n) is 4.81. The van der Waals surface area contributed by atoms with Crippen molar-refractivity contribution in [2.24, 2.45) is 5.10 Å². The number of hydrazone groups is 1. The molecule has 0 saturated heterocycles. The van der Waals surface area contributed by atoms with Crippen LogP contribution in [0.15, 0.2) is 68.0 Å². The average Bonchev–Trinajstić information content (AvgIpc) is 3.32. The average molecular weight is 506 g/mol. The van der Waals surface area contributed by atoms with E-state index in [1.54, 1.807) is 17.4 Å². The van der Waals surface area contributed by atoms with Crippen LogP contribution in [0.4, 0.5) is 0 Å². The lowest BCUT2D eigenvalue weighted by atomic mass is 9.97. The number of phenols is 1. The highest BCUT2D eigenvalue weighted by Gasteiger charge is 2.42. The van der Waals surface area contributed by atoms with E-state index in [1.165, 1.54) is 0 Å². The molecule has 136 valence electrons. The molecule has 0 spiro atoms. The van der Waals surface area contributed by atoms with Gasteiger partial charge in [0.2, 0.25) is 6.23 Å². The minimum Gasteiger partial charge on any atom is -0.507 e. The third-order valence-corrected chi connectivity index (χ3v) is 6.72. The second kappa shape index (κ2) is 6.65. The Hall–Kier alpha value is -1.83. The highest BCUT2D eigenvalue weighted by molar-refractivity contribution is 9.10. The summed E-state index contributed by atoms with van der Waals surface area (Å²) >= 11 is 8.75. The first-order valence-corrected chi connectivity index (χ1v) is 10.9. The fourth-order valence-electron chi connectivity index (χ4n) is 3.58. The molecule has 0 fully saturated rings. The van der Waals surface area contributed by atoms with Gasteiger partial charge in [-0.1, -0.05) is 37.9 Å². The first-order valence-electron chi connectivity index (χ1n) is 8.44. The Kier molecular flexibility index (Phi) is 4.26. The molecule has 5 rings (SSSR count). The zero-order chi connectivity index (χ0) is 18.5. The summed E-state index contributed by atoms with van der Waals surface area (Å²) in [6.07, 6.45) is 0.317. The van der Waals surface area contributed by atoms with Crippen LogP contribution in [0.3, 0.4) is 0 Å². The molecule has 0 amide bonds. The molecule has 1 aromatic heterocycles. The summed E-state index contributed by atoms with van der Waals surface area (Å²) in [6, 6.07) is 15.6. The van der Waals surface area contributed by atoms with Crippen molar-refractivity contribution in [2.75, 3.05) is 0 Å². The van der Waals surface area contributed by atoms with Crippen molar-refractivity contribution in [3.05, 3.63) is 78.9 Å². The Balaban J connectivity index is 1.65. The van der Waals surface area contributed by atoms with Crippen molar-refractivity contribution >= 4 is 48.9 Å². The molecule has 2 aromatic carbocycles. The maximum atomic E-state index is 10.5. The van der Waals surface area contributed by atoms with Crippen LogP contribution in [-0.2, 0) is 0 Å². The maximum absolute atomic E-state index is 10.5. The number of ether oxygens (including phenoxy) is 1. The monoisotopic (exact) mass is 504 g/mol. The van der Waals surface area contributed by atoms with Crippen LogP contribution >= 0.6 is 43.2 Å². The molecule has 0 saturated carbocycles. The van der Waals surface area contributed by atoms with Gasteiger partial charge >= 0.3 is 0 Å². The number of benzene rings is 2. The van der Waals surface area contributed by atoms with Crippen molar-refractivity contribution in [1.29, 1.82) is 0 Å². The van der Waals surface area contributed by atoms with Crippen molar-refractivity contribution in [1.82, 2.24) is 5.01 Å². The Bertz CT molecular complexity index is 1050. The minimum atomic E-state index is -0.487. The summed E-state index contributed by atoms with van der Waals surface area (Å²) < 4.78 is 8.21. The van der Waals surface area contributed by atoms with E-state index in [0.29, 0.717) is 5.56 Å². The largest absolute Gasteiger partial charge is 0.507 e. The van der Waals surface area contributed by atoms with Gasteiger partial charge in [-0.2, -0.15) is 5.10 Å². The lowest BCUT2D eigenvalue weighted by molar-refractivity contribution is -0.0204. The molecule has 7 heteroatoms. The molecule has 1 N–H and O–H groups in total. The second-order valence-electron chi connectivity index (χ2n) is 6.48. The van der Waals surface area contributed by atoms with E-state index in [1.807, 2.05) is 35.3 Å². The molecule has 0 unspecified atom stereocenters. The van der Waals surface area contributed by atoms with Crippen LogP contribution in [-0.4, -0.2) is 15.8 Å². The predicted octanol–water partition coefficient (Wildman–Crippen LogP) is 6.22. The van der Waals surface area contributed by atoms with E-state index in [-0.39, 0.29) is 11.8 Å². The molecule has 0 radical (unpaired) electrons. The van der Waals surface area contributed by atoms with E-state index >= 15 is 0 Å². The van der Waals surface area contributed by atoms with Gasteiger partial charge in [-0.05, 0) is 47.8 Å². The minimum absolute atomic E-state index is 0.0618. The zero-order valence-electron chi connectivity index (χ0n) is 14.0. The summed E-state index contributed by atoms with van der Waals surface area (Å²) in [7, 11) is 0. The van der Waals surface area contributed by atoms with E-state index in [4.69, 9.17) is 9.84 Å². The van der Waals surface area contributed by atoms with Crippen LogP contribution in [0, 0.1) is 0 Å². The number of thiophene rings is 1. The van der Waals surface area contributed by atoms with Gasteiger partial charge in [0.05, 0.1) is 22.2 Å². The molecule has 0 aliphatic carbocycles. The number of hydrogen-bond acceptors (Lipinski definition) is 5. The van der Waals surface area contributed by atoms with Gasteiger partial charge in [-0.3, -0.25) is 0 Å². The van der Waals surface area contributed by atoms with Crippen molar-refractivity contribution < 1.29 is 9.84 Å². The van der Waals surface area contributed by atoms with E-state index in [0.717, 1.165) is 37.3 Å². The van der Waals surface area contributed by atoms with Gasteiger partial charge in [-0.25, -0.2) is 5.01 Å². The quantitative estimate of drug-likeness (QED) is 0.449. The van der Waals surface area contributed by atoms with Gasteiger partial charge < -0.3 is 9.84 Å². The molecule has 3 heterocycles. The lowest BCUT2D eigenvalue weighted by Crippen LogP contribution is -2.33. The second-order valence-corrected chi connectivity index (χ2v) is 9.26. The van der Waals surface area contributed by atoms with Gasteiger partial charge in [-0.15, -0.1) is 11.3 Å². The van der Waals surface area contributed by atoms with E-state index < -0.39 is 6.23 Å². The van der Waals surface area contributed by atoms with Gasteiger partial charge in [0.15, 0.2) is 0 Å². The van der Waals surface area contributed by atoms with Gasteiger partial charge in [0.25, 0.3) is 0 Å². The molecule has 0 bridgehead atoms. The summed E-state index contributed by atoms with van der Waals surface area (Å²) in [5.74, 6) is 1.02. The first-order chi connectivity index (χ1) is 13.1. The molecule has 4 nitrogen and oxygen atoms in total. The molecular weight excluding hydrogens is 492 g/mol. The van der Waals surface area contributed by atoms with Crippen LogP contribution < -0.4 is 4.74 Å². The van der Waals surface area contributed by atoms with Crippen LogP contribution in [0.1, 0.15) is 34.7 Å². The van der Waals surface area contributed by atoms with Gasteiger partial charge in [0, 0.05) is 20.9 Å². The van der Waals surface area contributed by atoms with Crippen molar-refractivity contribution in [3.63, 3.8) is 0 Å². The topological polar surface area (TPSA) is 45.1 Å². The van der Waals surface area contributed by atoms with E-state index in [2.05, 4.69) is 49.4 Å². The lowest BCUT2D eigenvalue weighted by Gasteiger charge is -2.38. The first kappa shape index (κ1) is 17.3. The number of hydrogen-bond donors (Lipinski definition) is 1. The smallest absolute Gasteiger partial charge is 0.217 e. The summed E-state index contributed by atoms with van der Waals surface area (Å²) in [5, 5.41) is 19.4. The molecule has 2 aliphatic heterocycles. The Morgan fingerprint density at radius 3 is 2.63 bits per heavy atom.